The maximum atomic E-state index is 13.2. The first-order valence-corrected chi connectivity index (χ1v) is 5.68. The Bertz CT molecular complexity index is 345. The molecule has 2 rings (SSSR count). The molecule has 76 valence electrons. The highest BCUT2D eigenvalue weighted by atomic mass is 79.9. The van der Waals surface area contributed by atoms with Gasteiger partial charge in [0.15, 0.2) is 0 Å². The van der Waals surface area contributed by atoms with Crippen LogP contribution in [0.3, 0.4) is 0 Å². The lowest BCUT2D eigenvalue weighted by molar-refractivity contribution is 0.619. The monoisotopic (exact) mass is 257 g/mol. The van der Waals surface area contributed by atoms with Gasteiger partial charge in [-0.15, -0.1) is 0 Å². The van der Waals surface area contributed by atoms with Crippen molar-refractivity contribution in [2.75, 3.05) is 18.0 Å². The summed E-state index contributed by atoms with van der Waals surface area (Å²) in [7, 11) is 0. The normalized spacial score (nSPS) is 16.4. The summed E-state index contributed by atoms with van der Waals surface area (Å²) >= 11 is 3.23. The average Bonchev–Trinajstić information content (AvgIpc) is 2.64. The van der Waals surface area contributed by atoms with Gasteiger partial charge < -0.3 is 4.90 Å². The predicted molar refractivity (Wildman–Crippen MR) is 60.3 cm³/mol. The molecule has 1 heterocycles. The molecule has 0 radical (unpaired) electrons. The summed E-state index contributed by atoms with van der Waals surface area (Å²) in [6.45, 7) is 4.15. The Kier molecular flexibility index (Phi) is 2.77. The smallest absolute Gasteiger partial charge is 0.137 e. The molecule has 1 fully saturated rings. The Morgan fingerprint density at radius 2 is 1.93 bits per heavy atom. The molecule has 1 nitrogen and oxygen atoms in total. The third-order valence-corrected chi connectivity index (χ3v) is 3.29. The van der Waals surface area contributed by atoms with E-state index >= 15 is 0 Å². The number of hydrogen-bond donors (Lipinski definition) is 0. The molecular formula is C11H13BrFN. The highest BCUT2D eigenvalue weighted by Gasteiger charge is 2.15. The van der Waals surface area contributed by atoms with E-state index < -0.39 is 0 Å². The minimum absolute atomic E-state index is 0.176. The summed E-state index contributed by atoms with van der Waals surface area (Å²) in [4.78, 5) is 2.32. The largest absolute Gasteiger partial charge is 0.371 e. The highest BCUT2D eigenvalue weighted by molar-refractivity contribution is 9.10. The van der Waals surface area contributed by atoms with Crippen LogP contribution in [0.25, 0.3) is 0 Å². The second-order valence-electron chi connectivity index (χ2n) is 3.75. The van der Waals surface area contributed by atoms with Crippen molar-refractivity contribution in [3.63, 3.8) is 0 Å². The van der Waals surface area contributed by atoms with Crippen LogP contribution >= 0.6 is 15.9 Å². The first kappa shape index (κ1) is 9.97. The van der Waals surface area contributed by atoms with Gasteiger partial charge in [-0.1, -0.05) is 0 Å². The number of anilines is 1. The van der Waals surface area contributed by atoms with E-state index in [0.717, 1.165) is 24.3 Å². The van der Waals surface area contributed by atoms with Crippen LogP contribution < -0.4 is 4.90 Å². The van der Waals surface area contributed by atoms with Crippen molar-refractivity contribution in [3.8, 4) is 0 Å². The van der Waals surface area contributed by atoms with E-state index in [1.54, 1.807) is 6.07 Å². The van der Waals surface area contributed by atoms with Crippen molar-refractivity contribution in [2.45, 2.75) is 19.8 Å². The quantitative estimate of drug-likeness (QED) is 0.745. The summed E-state index contributed by atoms with van der Waals surface area (Å²) in [6.07, 6.45) is 2.49. The Labute approximate surface area is 92.0 Å². The van der Waals surface area contributed by atoms with Gasteiger partial charge in [0.05, 0.1) is 4.47 Å². The Morgan fingerprint density at radius 1 is 1.29 bits per heavy atom. The zero-order valence-electron chi connectivity index (χ0n) is 8.19. The molecule has 3 heteroatoms. The number of halogens is 2. The summed E-state index contributed by atoms with van der Waals surface area (Å²) in [5.74, 6) is -0.176. The van der Waals surface area contributed by atoms with Gasteiger partial charge in [-0.05, 0) is 53.4 Å². The second kappa shape index (κ2) is 3.89. The van der Waals surface area contributed by atoms with E-state index in [1.807, 2.05) is 13.0 Å². The van der Waals surface area contributed by atoms with Crippen LogP contribution in [0.4, 0.5) is 10.1 Å². The third kappa shape index (κ3) is 1.78. The van der Waals surface area contributed by atoms with Gasteiger partial charge in [0.25, 0.3) is 0 Å². The van der Waals surface area contributed by atoms with Crippen LogP contribution in [0.2, 0.25) is 0 Å². The van der Waals surface area contributed by atoms with Gasteiger partial charge in [0, 0.05) is 18.8 Å². The van der Waals surface area contributed by atoms with E-state index in [0.29, 0.717) is 4.47 Å². The first-order chi connectivity index (χ1) is 6.68. The number of benzene rings is 1. The third-order valence-electron chi connectivity index (χ3n) is 2.69. The molecule has 0 bridgehead atoms. The van der Waals surface area contributed by atoms with Crippen molar-refractivity contribution in [3.05, 3.63) is 28.0 Å². The van der Waals surface area contributed by atoms with E-state index in [4.69, 9.17) is 0 Å². The standard InChI is InChI=1S/C11H13BrFN/c1-8-6-10(13)9(12)7-11(8)14-4-2-3-5-14/h6-7H,2-5H2,1H3. The van der Waals surface area contributed by atoms with Crippen LogP contribution in [0, 0.1) is 12.7 Å². The van der Waals surface area contributed by atoms with Gasteiger partial charge in [-0.3, -0.25) is 0 Å². The molecular weight excluding hydrogens is 245 g/mol. The molecule has 0 atom stereocenters. The fourth-order valence-electron chi connectivity index (χ4n) is 1.93. The van der Waals surface area contributed by atoms with Crippen LogP contribution in [-0.4, -0.2) is 13.1 Å². The van der Waals surface area contributed by atoms with Gasteiger partial charge in [-0.25, -0.2) is 4.39 Å². The summed E-state index contributed by atoms with van der Waals surface area (Å²) in [6, 6.07) is 3.48. The minimum Gasteiger partial charge on any atom is -0.371 e. The minimum atomic E-state index is -0.176. The number of rotatable bonds is 1. The van der Waals surface area contributed by atoms with Gasteiger partial charge in [-0.2, -0.15) is 0 Å². The molecule has 0 saturated carbocycles. The molecule has 0 spiro atoms. The van der Waals surface area contributed by atoms with Crippen LogP contribution in [-0.2, 0) is 0 Å². The molecule has 0 unspecified atom stereocenters. The molecule has 1 aromatic rings. The average molecular weight is 258 g/mol. The zero-order valence-corrected chi connectivity index (χ0v) is 9.77. The molecule has 0 aliphatic carbocycles. The van der Waals surface area contributed by atoms with Gasteiger partial charge in [0.2, 0.25) is 0 Å². The molecule has 1 aliphatic heterocycles. The fourth-order valence-corrected chi connectivity index (χ4v) is 2.27. The van der Waals surface area contributed by atoms with Gasteiger partial charge >= 0.3 is 0 Å². The number of nitrogens with zero attached hydrogens (tertiary/aromatic N) is 1. The topological polar surface area (TPSA) is 3.24 Å². The van der Waals surface area contributed by atoms with Crippen molar-refractivity contribution >= 4 is 21.6 Å². The van der Waals surface area contributed by atoms with Crippen molar-refractivity contribution < 1.29 is 4.39 Å². The van der Waals surface area contributed by atoms with E-state index in [-0.39, 0.29) is 5.82 Å². The maximum absolute atomic E-state index is 13.2. The van der Waals surface area contributed by atoms with Crippen molar-refractivity contribution in [1.29, 1.82) is 0 Å². The Hall–Kier alpha value is -0.570. The van der Waals surface area contributed by atoms with Gasteiger partial charge in [0.1, 0.15) is 5.82 Å². The maximum Gasteiger partial charge on any atom is 0.137 e. The molecule has 0 amide bonds. The summed E-state index contributed by atoms with van der Waals surface area (Å²) in [5, 5.41) is 0. The first-order valence-electron chi connectivity index (χ1n) is 4.89. The molecule has 1 aliphatic rings. The lowest BCUT2D eigenvalue weighted by Crippen LogP contribution is -2.18. The molecule has 1 saturated heterocycles. The van der Waals surface area contributed by atoms with Crippen molar-refractivity contribution in [1.82, 2.24) is 0 Å². The molecule has 14 heavy (non-hydrogen) atoms. The Balaban J connectivity index is 2.37. The van der Waals surface area contributed by atoms with E-state index in [1.165, 1.54) is 12.8 Å². The summed E-state index contributed by atoms with van der Waals surface area (Å²) in [5.41, 5.74) is 2.18. The number of hydrogen-bond acceptors (Lipinski definition) is 1. The molecule has 1 aromatic carbocycles. The zero-order chi connectivity index (χ0) is 10.1. The van der Waals surface area contributed by atoms with Crippen LogP contribution in [0.15, 0.2) is 16.6 Å². The van der Waals surface area contributed by atoms with E-state index in [2.05, 4.69) is 20.8 Å². The highest BCUT2D eigenvalue weighted by Crippen LogP contribution is 2.29. The predicted octanol–water partition coefficient (Wildman–Crippen LogP) is 3.50. The number of aryl methyl sites for hydroxylation is 1. The summed E-state index contributed by atoms with van der Waals surface area (Å²) < 4.78 is 13.7. The lowest BCUT2D eigenvalue weighted by atomic mass is 10.2. The van der Waals surface area contributed by atoms with Crippen LogP contribution in [0.1, 0.15) is 18.4 Å². The molecule has 0 N–H and O–H groups in total. The fraction of sp³-hybridized carbons (Fsp3) is 0.455. The second-order valence-corrected chi connectivity index (χ2v) is 4.60. The molecule has 0 aromatic heterocycles. The van der Waals surface area contributed by atoms with E-state index in [9.17, 15) is 4.39 Å². The van der Waals surface area contributed by atoms with Crippen molar-refractivity contribution in [2.24, 2.45) is 0 Å². The van der Waals surface area contributed by atoms with Crippen LogP contribution in [0.5, 0.6) is 0 Å². The SMILES string of the molecule is Cc1cc(F)c(Br)cc1N1CCCC1. The Morgan fingerprint density at radius 3 is 2.57 bits per heavy atom. The lowest BCUT2D eigenvalue weighted by Gasteiger charge is -2.20.